The van der Waals surface area contributed by atoms with Crippen molar-refractivity contribution in [1.82, 2.24) is 15.5 Å². The van der Waals surface area contributed by atoms with E-state index in [-0.39, 0.29) is 29.4 Å². The average molecular weight is 457 g/mol. The van der Waals surface area contributed by atoms with Crippen molar-refractivity contribution in [2.24, 2.45) is 11.3 Å². The van der Waals surface area contributed by atoms with E-state index in [1.54, 1.807) is 12.1 Å². The highest BCUT2D eigenvalue weighted by atomic mass is 19.4. The third-order valence-corrected chi connectivity index (χ3v) is 7.51. The summed E-state index contributed by atoms with van der Waals surface area (Å²) in [6.07, 6.45) is -2.66. The van der Waals surface area contributed by atoms with Gasteiger partial charge < -0.3 is 10.4 Å². The van der Waals surface area contributed by atoms with Crippen LogP contribution in [0.2, 0.25) is 0 Å². The van der Waals surface area contributed by atoms with Gasteiger partial charge in [0.1, 0.15) is 0 Å². The molecule has 3 saturated carbocycles. The van der Waals surface area contributed by atoms with Gasteiger partial charge in [-0.05, 0) is 59.9 Å². The van der Waals surface area contributed by atoms with Crippen LogP contribution >= 0.6 is 0 Å². The molecule has 3 aromatic rings. The number of fused-ring (bicyclic) bond motifs is 1. The Bertz CT molecular complexity index is 1260. The molecule has 2 bridgehead atoms. The number of hydrogen-bond acceptors (Lipinski definition) is 3. The van der Waals surface area contributed by atoms with Gasteiger partial charge in [0.2, 0.25) is 0 Å². The van der Waals surface area contributed by atoms with Gasteiger partial charge in [-0.25, -0.2) is 0 Å². The molecule has 2 aromatic carbocycles. The molecule has 6 rings (SSSR count). The van der Waals surface area contributed by atoms with E-state index in [2.05, 4.69) is 15.5 Å². The molecule has 0 saturated heterocycles. The van der Waals surface area contributed by atoms with Gasteiger partial charge in [0, 0.05) is 10.9 Å². The second kappa shape index (κ2) is 7.07. The van der Waals surface area contributed by atoms with Crippen molar-refractivity contribution in [3.05, 3.63) is 64.8 Å². The first kappa shape index (κ1) is 21.5. The Morgan fingerprint density at radius 2 is 1.88 bits per heavy atom. The second-order valence-electron chi connectivity index (χ2n) is 9.40. The van der Waals surface area contributed by atoms with Gasteiger partial charge >= 0.3 is 12.1 Å². The standard InChI is InChI=1S/C24H22F3N3O3/c1-13-22(10-18(31)32)11-23(13,12-22)28-21(33)20-19-15(3-2-4-17(19)29-30-20)9-14-5-7-16(8-6-14)24(25,26)27/h2-8,13H,9-12H2,1H3,(H,28,33)(H,29,30)(H,31,32)/t13-,22?,23?/m0/s1. The van der Waals surface area contributed by atoms with Gasteiger partial charge in [-0.2, -0.15) is 18.3 Å². The molecule has 6 nitrogen and oxygen atoms in total. The van der Waals surface area contributed by atoms with Gasteiger partial charge in [0.05, 0.1) is 17.5 Å². The van der Waals surface area contributed by atoms with Crippen LogP contribution in [0.5, 0.6) is 0 Å². The van der Waals surface area contributed by atoms with Crippen molar-refractivity contribution in [2.75, 3.05) is 0 Å². The lowest BCUT2D eigenvalue weighted by Crippen LogP contribution is -2.81. The summed E-state index contributed by atoms with van der Waals surface area (Å²) < 4.78 is 38.6. The third kappa shape index (κ3) is 3.37. The highest BCUT2D eigenvalue weighted by Crippen LogP contribution is 2.72. The van der Waals surface area contributed by atoms with E-state index in [1.807, 2.05) is 13.0 Å². The molecule has 0 radical (unpaired) electrons. The summed E-state index contributed by atoms with van der Waals surface area (Å²) in [7, 11) is 0. The summed E-state index contributed by atoms with van der Waals surface area (Å²) in [5.74, 6) is -1.09. The fourth-order valence-electron chi connectivity index (χ4n) is 5.69. The maximum absolute atomic E-state index is 13.1. The van der Waals surface area contributed by atoms with Crippen LogP contribution in [0.3, 0.4) is 0 Å². The third-order valence-electron chi connectivity index (χ3n) is 7.51. The number of carboxylic acids is 1. The monoisotopic (exact) mass is 457 g/mol. The van der Waals surface area contributed by atoms with Gasteiger partial charge in [0.15, 0.2) is 5.69 Å². The molecule has 1 amide bonds. The number of aliphatic carboxylic acids is 1. The predicted molar refractivity (Wildman–Crippen MR) is 114 cm³/mol. The maximum atomic E-state index is 13.1. The van der Waals surface area contributed by atoms with Gasteiger partial charge in [-0.1, -0.05) is 31.2 Å². The molecule has 0 aliphatic heterocycles. The van der Waals surface area contributed by atoms with E-state index >= 15 is 0 Å². The summed E-state index contributed by atoms with van der Waals surface area (Å²) in [5.41, 5.74) is 1.02. The molecule has 3 N–H and O–H groups in total. The van der Waals surface area contributed by atoms with Crippen LogP contribution in [-0.2, 0) is 17.4 Å². The molecule has 3 aliphatic carbocycles. The van der Waals surface area contributed by atoms with Crippen molar-refractivity contribution in [3.63, 3.8) is 0 Å². The molecule has 1 heterocycles. The predicted octanol–water partition coefficient (Wildman–Crippen LogP) is 4.55. The first-order chi connectivity index (χ1) is 15.5. The van der Waals surface area contributed by atoms with Crippen molar-refractivity contribution < 1.29 is 27.9 Å². The lowest BCUT2D eigenvalue weighted by atomic mass is 9.32. The number of aromatic nitrogens is 2. The first-order valence-electron chi connectivity index (χ1n) is 10.7. The largest absolute Gasteiger partial charge is 0.481 e. The Morgan fingerprint density at radius 3 is 2.48 bits per heavy atom. The highest BCUT2D eigenvalue weighted by Gasteiger charge is 2.74. The molecular formula is C24H22F3N3O3. The lowest BCUT2D eigenvalue weighted by molar-refractivity contribution is -0.222. The summed E-state index contributed by atoms with van der Waals surface area (Å²) in [4.78, 5) is 24.3. The quantitative estimate of drug-likeness (QED) is 0.506. The average Bonchev–Trinajstić information content (AvgIpc) is 3.17. The number of hydrogen-bond donors (Lipinski definition) is 3. The molecule has 172 valence electrons. The Kier molecular flexibility index (Phi) is 4.60. The number of nitrogens with zero attached hydrogens (tertiary/aromatic N) is 1. The minimum absolute atomic E-state index is 0.0712. The van der Waals surface area contributed by atoms with Crippen molar-refractivity contribution in [1.29, 1.82) is 0 Å². The van der Waals surface area contributed by atoms with Crippen molar-refractivity contribution in [3.8, 4) is 0 Å². The summed E-state index contributed by atoms with van der Waals surface area (Å²) in [6, 6.07) is 10.4. The summed E-state index contributed by atoms with van der Waals surface area (Å²) >= 11 is 0. The van der Waals surface area contributed by atoms with Crippen LogP contribution in [0.25, 0.3) is 10.9 Å². The number of carbonyl (C=O) groups is 2. The summed E-state index contributed by atoms with van der Waals surface area (Å²) in [5, 5.41) is 19.9. The first-order valence-corrected chi connectivity index (χ1v) is 10.7. The van der Waals surface area contributed by atoms with Gasteiger partial charge in [-0.3, -0.25) is 14.7 Å². The van der Waals surface area contributed by atoms with Crippen molar-refractivity contribution in [2.45, 2.75) is 44.3 Å². The van der Waals surface area contributed by atoms with E-state index in [4.69, 9.17) is 5.11 Å². The topological polar surface area (TPSA) is 95.1 Å². The Morgan fingerprint density at radius 1 is 1.18 bits per heavy atom. The number of aromatic amines is 1. The molecule has 3 fully saturated rings. The Labute approximate surface area is 187 Å². The number of halogens is 3. The van der Waals surface area contributed by atoms with Crippen LogP contribution in [0.4, 0.5) is 13.2 Å². The molecular weight excluding hydrogens is 435 g/mol. The minimum atomic E-state index is -4.39. The Hall–Kier alpha value is -3.36. The van der Waals surface area contributed by atoms with Crippen LogP contribution in [0.1, 0.15) is 53.4 Å². The van der Waals surface area contributed by atoms with Gasteiger partial charge in [0.25, 0.3) is 5.91 Å². The minimum Gasteiger partial charge on any atom is -0.481 e. The summed E-state index contributed by atoms with van der Waals surface area (Å²) in [6.45, 7) is 1.97. The normalized spacial score (nSPS) is 25.9. The molecule has 33 heavy (non-hydrogen) atoms. The fourth-order valence-corrected chi connectivity index (χ4v) is 5.69. The number of carboxylic acid groups (broad SMARTS) is 1. The molecule has 0 unspecified atom stereocenters. The maximum Gasteiger partial charge on any atom is 0.416 e. The zero-order valence-electron chi connectivity index (χ0n) is 17.8. The molecule has 3 aliphatic rings. The molecule has 9 heteroatoms. The zero-order valence-corrected chi connectivity index (χ0v) is 17.8. The smallest absolute Gasteiger partial charge is 0.416 e. The number of nitrogens with one attached hydrogen (secondary N) is 2. The lowest BCUT2D eigenvalue weighted by Gasteiger charge is -2.75. The number of carbonyl (C=O) groups excluding carboxylic acids is 1. The SMILES string of the molecule is C[C@H]1C2(CC(=O)O)CC1(NC(=O)c1n[nH]c3cccc(Cc4ccc(C(F)(F)F)cc4)c13)C2. The van der Waals surface area contributed by atoms with E-state index in [0.29, 0.717) is 35.7 Å². The number of alkyl halides is 3. The molecule has 0 spiro atoms. The fraction of sp³-hybridized carbons (Fsp3) is 0.375. The van der Waals surface area contributed by atoms with E-state index in [9.17, 15) is 22.8 Å². The van der Waals surface area contributed by atoms with E-state index in [0.717, 1.165) is 17.7 Å². The van der Waals surface area contributed by atoms with Crippen LogP contribution in [-0.4, -0.2) is 32.7 Å². The number of amides is 1. The van der Waals surface area contributed by atoms with Crippen LogP contribution in [0, 0.1) is 11.3 Å². The Balaban J connectivity index is 1.37. The number of H-pyrrole nitrogens is 1. The van der Waals surface area contributed by atoms with Gasteiger partial charge in [-0.15, -0.1) is 0 Å². The number of rotatable bonds is 6. The molecule has 1 aromatic heterocycles. The van der Waals surface area contributed by atoms with Crippen molar-refractivity contribution >= 4 is 22.8 Å². The highest BCUT2D eigenvalue weighted by molar-refractivity contribution is 6.06. The zero-order chi connectivity index (χ0) is 23.6. The van der Waals surface area contributed by atoms with Crippen LogP contribution < -0.4 is 5.32 Å². The number of benzene rings is 2. The molecule has 1 atom stereocenters. The second-order valence-corrected chi connectivity index (χ2v) is 9.40. The van der Waals surface area contributed by atoms with E-state index in [1.165, 1.54) is 12.1 Å². The van der Waals surface area contributed by atoms with Crippen LogP contribution in [0.15, 0.2) is 42.5 Å². The van der Waals surface area contributed by atoms with E-state index < -0.39 is 23.2 Å².